The van der Waals surface area contributed by atoms with Gasteiger partial charge < -0.3 is 15.4 Å². The number of likely N-dealkylation sites (tertiary alicyclic amines) is 1. The minimum atomic E-state index is -0.102. The van der Waals surface area contributed by atoms with Gasteiger partial charge in [0.25, 0.3) is 0 Å². The van der Waals surface area contributed by atoms with Gasteiger partial charge in [0, 0.05) is 32.2 Å². The third kappa shape index (κ3) is 5.40. The van der Waals surface area contributed by atoms with Gasteiger partial charge in [-0.2, -0.15) is 0 Å². The summed E-state index contributed by atoms with van der Waals surface area (Å²) in [5, 5.41) is 14.9. The van der Waals surface area contributed by atoms with Gasteiger partial charge in [0.2, 0.25) is 0 Å². The van der Waals surface area contributed by atoms with Gasteiger partial charge in [-0.05, 0) is 24.0 Å². The molecular weight excluding hydrogens is 416 g/mol. The monoisotopic (exact) mass is 446 g/mol. The fraction of sp³-hybridized carbons (Fsp3) is 0.400. The summed E-state index contributed by atoms with van der Waals surface area (Å²) in [4.78, 5) is 14.6. The number of fused-ring (bicyclic) bond motifs is 1. The predicted molar refractivity (Wildman–Crippen MR) is 124 cm³/mol. The molecule has 0 saturated carbocycles. The maximum atomic E-state index is 12.2. The van der Waals surface area contributed by atoms with E-state index in [4.69, 9.17) is 4.74 Å². The molecule has 172 valence electrons. The summed E-state index contributed by atoms with van der Waals surface area (Å²) in [6.45, 7) is 4.36. The normalized spacial score (nSPS) is 19.1. The average molecular weight is 447 g/mol. The SMILES string of the molecule is O=C(NCc1ccccc1)NC1CCN(Cc2nnn3c2CO[C@H](c2ccccc2)C3)CC1. The van der Waals surface area contributed by atoms with Gasteiger partial charge in [-0.3, -0.25) is 4.90 Å². The second-order valence-electron chi connectivity index (χ2n) is 8.74. The van der Waals surface area contributed by atoms with Crippen LogP contribution in [0.4, 0.5) is 4.79 Å². The number of nitrogens with zero attached hydrogens (tertiary/aromatic N) is 4. The molecule has 1 fully saturated rings. The molecule has 3 aromatic rings. The number of carbonyl (C=O) groups excluding carboxylic acids is 1. The maximum absolute atomic E-state index is 12.2. The number of hydrogen-bond donors (Lipinski definition) is 2. The Kier molecular flexibility index (Phi) is 6.64. The van der Waals surface area contributed by atoms with E-state index in [0.29, 0.717) is 19.7 Å². The number of aromatic nitrogens is 3. The van der Waals surface area contributed by atoms with Crippen molar-refractivity contribution in [1.82, 2.24) is 30.5 Å². The summed E-state index contributed by atoms with van der Waals surface area (Å²) in [5.41, 5.74) is 4.33. The van der Waals surface area contributed by atoms with E-state index in [0.717, 1.165) is 49.4 Å². The highest BCUT2D eigenvalue weighted by molar-refractivity contribution is 5.74. The van der Waals surface area contributed by atoms with Crippen molar-refractivity contribution in [2.24, 2.45) is 0 Å². The zero-order chi connectivity index (χ0) is 22.5. The lowest BCUT2D eigenvalue weighted by Crippen LogP contribution is -2.47. The topological polar surface area (TPSA) is 84.3 Å². The molecule has 2 amide bonds. The van der Waals surface area contributed by atoms with Gasteiger partial charge in [-0.15, -0.1) is 5.10 Å². The van der Waals surface area contributed by atoms with E-state index in [1.54, 1.807) is 0 Å². The van der Waals surface area contributed by atoms with Gasteiger partial charge in [-0.25, -0.2) is 9.48 Å². The van der Waals surface area contributed by atoms with Crippen LogP contribution in [0.2, 0.25) is 0 Å². The average Bonchev–Trinajstić information content (AvgIpc) is 3.27. The number of nitrogens with one attached hydrogen (secondary N) is 2. The highest BCUT2D eigenvalue weighted by Gasteiger charge is 2.27. The van der Waals surface area contributed by atoms with Crippen LogP contribution in [0, 0.1) is 0 Å². The second-order valence-corrected chi connectivity index (χ2v) is 8.74. The molecule has 8 nitrogen and oxygen atoms in total. The van der Waals surface area contributed by atoms with E-state index in [-0.39, 0.29) is 18.2 Å². The first kappa shape index (κ1) is 21.6. The number of carbonyl (C=O) groups is 1. The Hall–Kier alpha value is -3.23. The zero-order valence-corrected chi connectivity index (χ0v) is 18.7. The Bertz CT molecular complexity index is 1050. The third-order valence-electron chi connectivity index (χ3n) is 6.44. The Morgan fingerprint density at radius 1 is 1.03 bits per heavy atom. The Morgan fingerprint density at radius 2 is 1.76 bits per heavy atom. The zero-order valence-electron chi connectivity index (χ0n) is 18.7. The summed E-state index contributed by atoms with van der Waals surface area (Å²) in [6.07, 6.45) is 1.87. The number of urea groups is 1. The fourth-order valence-electron chi connectivity index (χ4n) is 4.52. The van der Waals surface area contributed by atoms with Crippen molar-refractivity contribution in [3.63, 3.8) is 0 Å². The van der Waals surface area contributed by atoms with Gasteiger partial charge in [-0.1, -0.05) is 65.9 Å². The Balaban J connectivity index is 1.08. The molecule has 1 atom stereocenters. The molecule has 2 aromatic carbocycles. The molecule has 1 saturated heterocycles. The summed E-state index contributed by atoms with van der Waals surface area (Å²) in [5.74, 6) is 0. The van der Waals surface area contributed by atoms with Crippen molar-refractivity contribution < 1.29 is 9.53 Å². The molecule has 2 N–H and O–H groups in total. The van der Waals surface area contributed by atoms with Crippen molar-refractivity contribution in [3.05, 3.63) is 83.2 Å². The Labute approximate surface area is 193 Å². The van der Waals surface area contributed by atoms with Crippen molar-refractivity contribution in [1.29, 1.82) is 0 Å². The molecule has 0 bridgehead atoms. The lowest BCUT2D eigenvalue weighted by Gasteiger charge is -2.32. The predicted octanol–water partition coefficient (Wildman–Crippen LogP) is 3.01. The lowest BCUT2D eigenvalue weighted by atomic mass is 10.0. The van der Waals surface area contributed by atoms with E-state index in [1.165, 1.54) is 5.56 Å². The molecule has 2 aliphatic rings. The quantitative estimate of drug-likeness (QED) is 0.608. The first-order valence-electron chi connectivity index (χ1n) is 11.6. The maximum Gasteiger partial charge on any atom is 0.315 e. The van der Waals surface area contributed by atoms with Crippen LogP contribution in [0.5, 0.6) is 0 Å². The molecular formula is C25H30N6O2. The van der Waals surface area contributed by atoms with Crippen LogP contribution in [0.1, 0.15) is 41.5 Å². The lowest BCUT2D eigenvalue weighted by molar-refractivity contribution is -0.00216. The van der Waals surface area contributed by atoms with E-state index >= 15 is 0 Å². The second kappa shape index (κ2) is 10.1. The van der Waals surface area contributed by atoms with Crippen molar-refractivity contribution >= 4 is 6.03 Å². The summed E-state index contributed by atoms with van der Waals surface area (Å²) in [7, 11) is 0. The van der Waals surface area contributed by atoms with Crippen LogP contribution in [0.15, 0.2) is 60.7 Å². The summed E-state index contributed by atoms with van der Waals surface area (Å²) >= 11 is 0. The molecule has 0 unspecified atom stereocenters. The molecule has 3 heterocycles. The number of rotatable bonds is 6. The molecule has 5 rings (SSSR count). The van der Waals surface area contributed by atoms with Crippen LogP contribution in [0.25, 0.3) is 0 Å². The largest absolute Gasteiger partial charge is 0.365 e. The standard InChI is InChI=1S/C25H30N6O2/c32-25(26-15-19-7-3-1-4-8-19)27-21-11-13-30(14-12-21)16-22-23-18-33-24(17-31(23)29-28-22)20-9-5-2-6-10-20/h1-10,21,24H,11-18H2,(H2,26,27,32)/t24-/m0/s1. The smallest absolute Gasteiger partial charge is 0.315 e. The van der Waals surface area contributed by atoms with Gasteiger partial charge in [0.15, 0.2) is 0 Å². The van der Waals surface area contributed by atoms with Gasteiger partial charge in [0.05, 0.1) is 18.8 Å². The van der Waals surface area contributed by atoms with Crippen LogP contribution in [-0.2, 0) is 31.0 Å². The fourth-order valence-corrected chi connectivity index (χ4v) is 4.52. The highest BCUT2D eigenvalue weighted by Crippen LogP contribution is 2.27. The van der Waals surface area contributed by atoms with Crippen molar-refractivity contribution in [3.8, 4) is 0 Å². The highest BCUT2D eigenvalue weighted by atomic mass is 16.5. The minimum absolute atomic E-state index is 0.0168. The van der Waals surface area contributed by atoms with E-state index in [2.05, 4.69) is 38.0 Å². The van der Waals surface area contributed by atoms with E-state index < -0.39 is 0 Å². The Morgan fingerprint density at radius 3 is 2.52 bits per heavy atom. The van der Waals surface area contributed by atoms with E-state index in [9.17, 15) is 4.79 Å². The third-order valence-corrected chi connectivity index (χ3v) is 6.44. The van der Waals surface area contributed by atoms with Crippen LogP contribution in [0.3, 0.4) is 0 Å². The molecule has 33 heavy (non-hydrogen) atoms. The first-order valence-corrected chi connectivity index (χ1v) is 11.6. The molecule has 0 radical (unpaired) electrons. The number of benzene rings is 2. The minimum Gasteiger partial charge on any atom is -0.365 e. The van der Waals surface area contributed by atoms with Crippen LogP contribution in [-0.4, -0.2) is 45.1 Å². The molecule has 1 aromatic heterocycles. The number of piperidine rings is 1. The van der Waals surface area contributed by atoms with Crippen molar-refractivity contribution in [2.75, 3.05) is 13.1 Å². The molecule has 8 heteroatoms. The first-order chi connectivity index (χ1) is 16.2. The molecule has 0 aliphatic carbocycles. The molecule has 0 spiro atoms. The summed E-state index contributed by atoms with van der Waals surface area (Å²) in [6, 6.07) is 20.3. The van der Waals surface area contributed by atoms with Crippen LogP contribution < -0.4 is 10.6 Å². The number of amides is 2. The number of ether oxygens (including phenoxy) is 1. The van der Waals surface area contributed by atoms with Gasteiger partial charge in [0.1, 0.15) is 11.8 Å². The molecule has 2 aliphatic heterocycles. The van der Waals surface area contributed by atoms with E-state index in [1.807, 2.05) is 53.2 Å². The van der Waals surface area contributed by atoms with Gasteiger partial charge >= 0.3 is 6.03 Å². The van der Waals surface area contributed by atoms with Crippen LogP contribution >= 0.6 is 0 Å². The summed E-state index contributed by atoms with van der Waals surface area (Å²) < 4.78 is 8.11. The van der Waals surface area contributed by atoms with Crippen molar-refractivity contribution in [2.45, 2.75) is 51.2 Å². The number of hydrogen-bond acceptors (Lipinski definition) is 5.